The van der Waals surface area contributed by atoms with Crippen LogP contribution in [-0.2, 0) is 14.3 Å². The molecule has 0 aromatic carbocycles. The second kappa shape index (κ2) is 15.9. The molecule has 0 aliphatic heterocycles. The van der Waals surface area contributed by atoms with Crippen LogP contribution >= 0.6 is 0 Å². The summed E-state index contributed by atoms with van der Waals surface area (Å²) >= 11 is 0. The molecule has 218 valence electrons. The maximum Gasteiger partial charge on any atom is 0.223 e. The summed E-state index contributed by atoms with van der Waals surface area (Å²) in [5.41, 5.74) is 3.72. The second-order valence-corrected chi connectivity index (χ2v) is 11.6. The van der Waals surface area contributed by atoms with Crippen molar-refractivity contribution in [2.24, 2.45) is 23.7 Å². The summed E-state index contributed by atoms with van der Waals surface area (Å²) in [5, 5.41) is 6.85. The molecule has 2 saturated carbocycles. The number of rotatable bonds is 12. The lowest BCUT2D eigenvalue weighted by molar-refractivity contribution is -0.132. The van der Waals surface area contributed by atoms with E-state index in [1.165, 1.54) is 11.1 Å². The Morgan fingerprint density at radius 1 is 1.23 bits per heavy atom. The lowest BCUT2D eigenvalue weighted by Gasteiger charge is -2.32. The van der Waals surface area contributed by atoms with Crippen LogP contribution in [0.4, 0.5) is 0 Å². The first-order valence-corrected chi connectivity index (χ1v) is 15.3. The Labute approximate surface area is 242 Å². The van der Waals surface area contributed by atoms with Crippen molar-refractivity contribution in [1.82, 2.24) is 10.6 Å². The van der Waals surface area contributed by atoms with Gasteiger partial charge >= 0.3 is 0 Å². The number of hydrogen-bond acceptors (Lipinski definition) is 4. The normalized spacial score (nSPS) is 31.6. The molecule has 0 aromatic rings. The third-order valence-electron chi connectivity index (χ3n) is 8.76. The van der Waals surface area contributed by atoms with Gasteiger partial charge in [-0.15, -0.1) is 5.92 Å². The van der Waals surface area contributed by atoms with Crippen LogP contribution in [0.25, 0.3) is 0 Å². The second-order valence-electron chi connectivity index (χ2n) is 11.6. The Morgan fingerprint density at radius 3 is 2.58 bits per heavy atom. The van der Waals surface area contributed by atoms with Crippen LogP contribution in [0.3, 0.4) is 0 Å². The van der Waals surface area contributed by atoms with E-state index in [1.807, 2.05) is 13.8 Å². The number of allylic oxidation sites excluding steroid dienone is 7. The van der Waals surface area contributed by atoms with Crippen molar-refractivity contribution in [2.45, 2.75) is 97.8 Å². The number of ketones is 1. The quantitative estimate of drug-likeness (QED) is 0.284. The van der Waals surface area contributed by atoms with Gasteiger partial charge in [-0.3, -0.25) is 9.59 Å². The van der Waals surface area contributed by atoms with Crippen molar-refractivity contribution in [3.8, 4) is 11.8 Å². The number of hydrogen-bond donors (Lipinski definition) is 2. The topological polar surface area (TPSA) is 67.4 Å². The summed E-state index contributed by atoms with van der Waals surface area (Å²) in [4.78, 5) is 27.0. The molecule has 5 nitrogen and oxygen atoms in total. The highest BCUT2D eigenvalue weighted by Gasteiger charge is 2.44. The lowest BCUT2D eigenvalue weighted by atomic mass is 9.85. The van der Waals surface area contributed by atoms with Gasteiger partial charge in [-0.25, -0.2) is 0 Å². The molecular formula is C35H50N2O3. The number of Topliss-reactive ketones (excluding diaryl/α,β-unsaturated/α-hetero) is 1. The molecule has 5 atom stereocenters. The van der Waals surface area contributed by atoms with Gasteiger partial charge < -0.3 is 15.4 Å². The molecule has 5 unspecified atom stereocenters. The molecule has 3 rings (SSSR count). The van der Waals surface area contributed by atoms with E-state index in [0.29, 0.717) is 19.1 Å². The first kappa shape index (κ1) is 31.8. The average Bonchev–Trinajstić information content (AvgIpc) is 3.68. The molecule has 5 heteroatoms. The maximum atomic E-state index is 13.6. The van der Waals surface area contributed by atoms with E-state index in [1.54, 1.807) is 0 Å². The number of amides is 1. The highest BCUT2D eigenvalue weighted by atomic mass is 16.5. The highest BCUT2D eigenvalue weighted by molar-refractivity contribution is 5.93. The van der Waals surface area contributed by atoms with Gasteiger partial charge in [0.2, 0.25) is 5.91 Å². The van der Waals surface area contributed by atoms with Crippen LogP contribution in [0.2, 0.25) is 0 Å². The Morgan fingerprint density at radius 2 is 1.95 bits per heavy atom. The fourth-order valence-electron chi connectivity index (χ4n) is 5.96. The molecular weight excluding hydrogens is 496 g/mol. The zero-order valence-electron chi connectivity index (χ0n) is 25.3. The van der Waals surface area contributed by atoms with E-state index in [-0.39, 0.29) is 41.6 Å². The van der Waals surface area contributed by atoms with Crippen molar-refractivity contribution in [2.75, 3.05) is 13.2 Å². The largest absolute Gasteiger partial charge is 0.366 e. The minimum Gasteiger partial charge on any atom is -0.366 e. The highest BCUT2D eigenvalue weighted by Crippen LogP contribution is 2.39. The van der Waals surface area contributed by atoms with Crippen molar-refractivity contribution >= 4 is 11.7 Å². The fraction of sp³-hybridized carbons (Fsp3) is 0.600. The molecule has 0 saturated heterocycles. The van der Waals surface area contributed by atoms with Crippen LogP contribution in [-0.4, -0.2) is 43.0 Å². The Kier molecular flexibility index (Phi) is 12.7. The fourth-order valence-corrected chi connectivity index (χ4v) is 5.96. The van der Waals surface area contributed by atoms with E-state index in [0.717, 1.165) is 50.5 Å². The third-order valence-corrected chi connectivity index (χ3v) is 8.76. The summed E-state index contributed by atoms with van der Waals surface area (Å²) in [6, 6.07) is -0.742. The van der Waals surface area contributed by atoms with Crippen molar-refractivity contribution in [3.05, 3.63) is 59.8 Å². The summed E-state index contributed by atoms with van der Waals surface area (Å²) in [6.45, 7) is 15.7. The molecule has 0 bridgehead atoms. The SMILES string of the molecule is C=C1/C=C\C=C/C/C(CC)=C(/C=C\C)C1CNC(C)C(NC(=O)C1CCC(OCC#CC)CC1)C(=O)C1CC1C. The Balaban J connectivity index is 1.70. The van der Waals surface area contributed by atoms with Crippen LogP contribution in [0, 0.1) is 35.5 Å². The van der Waals surface area contributed by atoms with E-state index in [4.69, 9.17) is 4.74 Å². The summed E-state index contributed by atoms with van der Waals surface area (Å²) < 4.78 is 5.83. The van der Waals surface area contributed by atoms with Crippen LogP contribution in [0.1, 0.15) is 79.6 Å². The van der Waals surface area contributed by atoms with Crippen LogP contribution in [0.5, 0.6) is 0 Å². The minimum absolute atomic E-state index is 0.00395. The van der Waals surface area contributed by atoms with E-state index < -0.39 is 6.04 Å². The van der Waals surface area contributed by atoms with Gasteiger partial charge in [-0.2, -0.15) is 0 Å². The predicted octanol–water partition coefficient (Wildman–Crippen LogP) is 6.24. The molecule has 2 fully saturated rings. The van der Waals surface area contributed by atoms with E-state index >= 15 is 0 Å². The van der Waals surface area contributed by atoms with E-state index in [9.17, 15) is 9.59 Å². The van der Waals surface area contributed by atoms with Gasteiger partial charge in [0.1, 0.15) is 12.6 Å². The van der Waals surface area contributed by atoms with Crippen molar-refractivity contribution in [1.29, 1.82) is 0 Å². The summed E-state index contributed by atoms with van der Waals surface area (Å²) in [6.07, 6.45) is 18.9. The van der Waals surface area contributed by atoms with Crippen molar-refractivity contribution < 1.29 is 14.3 Å². The summed E-state index contributed by atoms with van der Waals surface area (Å²) in [5.74, 6) is 6.39. The zero-order valence-corrected chi connectivity index (χ0v) is 25.3. The zero-order chi connectivity index (χ0) is 29.1. The number of carbonyl (C=O) groups excluding carboxylic acids is 2. The van der Waals surface area contributed by atoms with E-state index in [2.05, 4.69) is 86.3 Å². The number of ether oxygens (including phenoxy) is 1. The third kappa shape index (κ3) is 8.91. The first-order chi connectivity index (χ1) is 19.3. The van der Waals surface area contributed by atoms with Gasteiger partial charge in [-0.1, -0.05) is 68.4 Å². The average molecular weight is 547 g/mol. The maximum absolute atomic E-state index is 13.6. The molecule has 40 heavy (non-hydrogen) atoms. The molecule has 3 aliphatic carbocycles. The molecule has 0 spiro atoms. The minimum atomic E-state index is -0.544. The van der Waals surface area contributed by atoms with Gasteiger partial charge in [0, 0.05) is 30.3 Å². The molecule has 0 heterocycles. The van der Waals surface area contributed by atoms with Crippen LogP contribution in [0.15, 0.2) is 59.8 Å². The van der Waals surface area contributed by atoms with Crippen LogP contribution < -0.4 is 10.6 Å². The smallest absolute Gasteiger partial charge is 0.223 e. The van der Waals surface area contributed by atoms with Gasteiger partial charge in [0.15, 0.2) is 5.78 Å². The Hall–Kier alpha value is -2.68. The van der Waals surface area contributed by atoms with Gasteiger partial charge in [-0.05, 0) is 82.8 Å². The number of nitrogens with one attached hydrogen (secondary N) is 2. The molecule has 1 amide bonds. The number of carbonyl (C=O) groups is 2. The van der Waals surface area contributed by atoms with Gasteiger partial charge in [0.05, 0.1) is 6.10 Å². The monoisotopic (exact) mass is 546 g/mol. The standard InChI is InChI=1S/C35H50N2O3/c1-7-10-21-40-29-19-17-28(18-20-29)35(39)37-33(34(38)31-22-25(31)5)26(6)36-23-32-24(4)15-12-11-13-16-27(9-3)30(32)14-8-2/h8,11-15,25-26,28-29,31-33,36H,4,9,16-23H2,1-3,5-6H3,(H,37,39)/b13-11-,14-8-,15-12-,30-27-. The molecule has 3 aliphatic rings. The summed E-state index contributed by atoms with van der Waals surface area (Å²) in [7, 11) is 0. The first-order valence-electron chi connectivity index (χ1n) is 15.3. The molecule has 0 aromatic heterocycles. The molecule has 2 N–H and O–H groups in total. The lowest BCUT2D eigenvalue weighted by Crippen LogP contribution is -2.55. The van der Waals surface area contributed by atoms with Gasteiger partial charge in [0.25, 0.3) is 0 Å². The predicted molar refractivity (Wildman–Crippen MR) is 164 cm³/mol. The Bertz CT molecular complexity index is 1080. The van der Waals surface area contributed by atoms with Crippen molar-refractivity contribution in [3.63, 3.8) is 0 Å². The molecule has 0 radical (unpaired) electrons.